The third kappa shape index (κ3) is 1.95. The molecule has 0 aliphatic heterocycles. The number of ether oxygens (including phenoxy) is 1. The van der Waals surface area contributed by atoms with Gasteiger partial charge in [-0.1, -0.05) is 20.3 Å². The van der Waals surface area contributed by atoms with E-state index in [1.54, 1.807) is 6.07 Å². The van der Waals surface area contributed by atoms with Gasteiger partial charge in [0.2, 0.25) is 0 Å². The van der Waals surface area contributed by atoms with E-state index >= 15 is 0 Å². The van der Waals surface area contributed by atoms with Gasteiger partial charge in [-0.2, -0.15) is 0 Å². The van der Waals surface area contributed by atoms with Gasteiger partial charge in [0.05, 0.1) is 18.1 Å². The second-order valence-electron chi connectivity index (χ2n) is 6.20. The fourth-order valence-electron chi connectivity index (χ4n) is 3.38. The Bertz CT molecular complexity index is 716. The molecule has 1 aliphatic rings. The van der Waals surface area contributed by atoms with Crippen molar-refractivity contribution < 1.29 is 9.13 Å². The molecule has 3 nitrogen and oxygen atoms in total. The molecular weight excluding hydrogens is 275 g/mol. The summed E-state index contributed by atoms with van der Waals surface area (Å²) in [6, 6.07) is 3.55. The van der Waals surface area contributed by atoms with E-state index in [1.807, 2.05) is 0 Å². The van der Waals surface area contributed by atoms with Crippen LogP contribution in [-0.4, -0.2) is 16.7 Å². The standard InChI is InChI=1S/C15H19FN2OS/c1-15(2)6-4-5-13(15)18-11-8-12(19-3)9(16)7-10(11)17-14(18)20/h7-8,13H,4-6H2,1-3H3,(H,17,20). The maximum Gasteiger partial charge on any atom is 0.178 e. The van der Waals surface area contributed by atoms with Gasteiger partial charge in [-0.15, -0.1) is 0 Å². The van der Waals surface area contributed by atoms with Gasteiger partial charge in [-0.05, 0) is 30.5 Å². The maximum atomic E-state index is 13.8. The monoisotopic (exact) mass is 294 g/mol. The molecule has 1 aromatic carbocycles. The molecule has 1 atom stereocenters. The van der Waals surface area contributed by atoms with E-state index in [0.29, 0.717) is 10.8 Å². The number of imidazole rings is 1. The minimum absolute atomic E-state index is 0.203. The van der Waals surface area contributed by atoms with Crippen LogP contribution in [0.4, 0.5) is 4.39 Å². The predicted molar refractivity (Wildman–Crippen MR) is 80.3 cm³/mol. The van der Waals surface area contributed by atoms with Crippen LogP contribution in [0.2, 0.25) is 0 Å². The number of aromatic nitrogens is 2. The van der Waals surface area contributed by atoms with Crippen LogP contribution < -0.4 is 4.74 Å². The molecule has 0 bridgehead atoms. The summed E-state index contributed by atoms with van der Waals surface area (Å²) >= 11 is 5.46. The summed E-state index contributed by atoms with van der Waals surface area (Å²) in [5.74, 6) is -0.106. The molecule has 108 valence electrons. The molecule has 0 amide bonds. The molecular formula is C15H19FN2OS. The van der Waals surface area contributed by atoms with Crippen LogP contribution >= 0.6 is 12.2 Å². The Morgan fingerprint density at radius 2 is 2.20 bits per heavy atom. The van der Waals surface area contributed by atoms with Gasteiger partial charge >= 0.3 is 0 Å². The summed E-state index contributed by atoms with van der Waals surface area (Å²) < 4.78 is 21.7. The van der Waals surface area contributed by atoms with E-state index < -0.39 is 0 Å². The number of halogens is 1. The van der Waals surface area contributed by atoms with Gasteiger partial charge < -0.3 is 14.3 Å². The second-order valence-corrected chi connectivity index (χ2v) is 6.59. The maximum absolute atomic E-state index is 13.8. The van der Waals surface area contributed by atoms with Crippen molar-refractivity contribution in [1.82, 2.24) is 9.55 Å². The van der Waals surface area contributed by atoms with Crippen LogP contribution in [0.1, 0.15) is 39.2 Å². The van der Waals surface area contributed by atoms with Crippen LogP contribution in [-0.2, 0) is 0 Å². The van der Waals surface area contributed by atoms with E-state index in [-0.39, 0.29) is 17.0 Å². The molecule has 0 radical (unpaired) electrons. The first-order valence-electron chi connectivity index (χ1n) is 6.92. The first kappa shape index (κ1) is 13.6. The van der Waals surface area contributed by atoms with E-state index in [9.17, 15) is 4.39 Å². The average Bonchev–Trinajstić information content (AvgIpc) is 2.86. The Morgan fingerprint density at radius 3 is 2.80 bits per heavy atom. The average molecular weight is 294 g/mol. The molecule has 1 aromatic heterocycles. The zero-order valence-corrected chi connectivity index (χ0v) is 12.8. The second kappa shape index (κ2) is 4.58. The van der Waals surface area contributed by atoms with Crippen molar-refractivity contribution in [2.45, 2.75) is 39.2 Å². The van der Waals surface area contributed by atoms with Gasteiger partial charge in [0, 0.05) is 18.2 Å². The van der Waals surface area contributed by atoms with Gasteiger partial charge in [0.1, 0.15) is 0 Å². The summed E-state index contributed by atoms with van der Waals surface area (Å²) in [5.41, 5.74) is 1.86. The van der Waals surface area contributed by atoms with Crippen LogP contribution in [0.3, 0.4) is 0 Å². The highest BCUT2D eigenvalue weighted by Crippen LogP contribution is 2.47. The van der Waals surface area contributed by atoms with Gasteiger partial charge in [0.15, 0.2) is 16.3 Å². The smallest absolute Gasteiger partial charge is 0.178 e. The van der Waals surface area contributed by atoms with Crippen LogP contribution in [0.25, 0.3) is 11.0 Å². The molecule has 1 aliphatic carbocycles. The van der Waals surface area contributed by atoms with E-state index in [2.05, 4.69) is 23.4 Å². The normalized spacial score (nSPS) is 21.5. The Labute approximate surface area is 122 Å². The highest BCUT2D eigenvalue weighted by atomic mass is 32.1. The highest BCUT2D eigenvalue weighted by Gasteiger charge is 2.36. The Morgan fingerprint density at radius 1 is 1.45 bits per heavy atom. The number of aromatic amines is 1. The molecule has 3 rings (SSSR count). The number of rotatable bonds is 2. The SMILES string of the molecule is COc1cc2c(cc1F)[nH]c(=S)n2C1CCCC1(C)C. The van der Waals surface area contributed by atoms with Crippen molar-refractivity contribution in [3.8, 4) is 5.75 Å². The number of nitrogens with one attached hydrogen (secondary N) is 1. The molecule has 2 aromatic rings. The van der Waals surface area contributed by atoms with E-state index in [0.717, 1.165) is 17.5 Å². The first-order valence-corrected chi connectivity index (χ1v) is 7.32. The summed E-state index contributed by atoms with van der Waals surface area (Å²) in [7, 11) is 1.48. The molecule has 1 saturated carbocycles. The Kier molecular flexibility index (Phi) is 3.12. The fourth-order valence-corrected chi connectivity index (χ4v) is 3.72. The lowest BCUT2D eigenvalue weighted by Gasteiger charge is -2.28. The minimum Gasteiger partial charge on any atom is -0.494 e. The molecule has 1 heterocycles. The summed E-state index contributed by atoms with van der Waals surface area (Å²) in [6.45, 7) is 4.54. The van der Waals surface area contributed by atoms with Gasteiger partial charge in [-0.25, -0.2) is 4.39 Å². The fraction of sp³-hybridized carbons (Fsp3) is 0.533. The van der Waals surface area contributed by atoms with Crippen LogP contribution in [0.15, 0.2) is 12.1 Å². The highest BCUT2D eigenvalue weighted by molar-refractivity contribution is 7.71. The Hall–Kier alpha value is -1.36. The lowest BCUT2D eigenvalue weighted by Crippen LogP contribution is -2.21. The molecule has 0 saturated heterocycles. The summed E-state index contributed by atoms with van der Waals surface area (Å²) in [6.07, 6.45) is 3.49. The van der Waals surface area contributed by atoms with E-state index in [4.69, 9.17) is 17.0 Å². The molecule has 5 heteroatoms. The van der Waals surface area contributed by atoms with Gasteiger partial charge in [-0.3, -0.25) is 0 Å². The lowest BCUT2D eigenvalue weighted by atomic mass is 9.87. The molecule has 1 N–H and O–H groups in total. The summed E-state index contributed by atoms with van der Waals surface area (Å²) in [5, 5.41) is 0. The van der Waals surface area contributed by atoms with Crippen molar-refractivity contribution in [1.29, 1.82) is 0 Å². The molecule has 20 heavy (non-hydrogen) atoms. The van der Waals surface area contributed by atoms with Gasteiger partial charge in [0.25, 0.3) is 0 Å². The third-order valence-corrected chi connectivity index (χ3v) is 4.80. The van der Waals surface area contributed by atoms with E-state index in [1.165, 1.54) is 26.0 Å². The lowest BCUT2D eigenvalue weighted by molar-refractivity contribution is 0.263. The molecule has 1 unspecified atom stereocenters. The van der Waals surface area contributed by atoms with Crippen molar-refractivity contribution in [2.24, 2.45) is 5.41 Å². The number of hydrogen-bond donors (Lipinski definition) is 1. The number of fused-ring (bicyclic) bond motifs is 1. The van der Waals surface area contributed by atoms with Crippen molar-refractivity contribution in [2.75, 3.05) is 7.11 Å². The predicted octanol–water partition coefficient (Wildman–Crippen LogP) is 4.60. The zero-order valence-electron chi connectivity index (χ0n) is 12.0. The number of nitrogens with zero attached hydrogens (tertiary/aromatic N) is 1. The largest absolute Gasteiger partial charge is 0.494 e. The number of methoxy groups -OCH3 is 1. The number of H-pyrrole nitrogens is 1. The third-order valence-electron chi connectivity index (χ3n) is 4.50. The minimum atomic E-state index is -0.367. The van der Waals surface area contributed by atoms with Crippen LogP contribution in [0, 0.1) is 16.0 Å². The topological polar surface area (TPSA) is 29.9 Å². The first-order chi connectivity index (χ1) is 9.44. The molecule has 0 spiro atoms. The van der Waals surface area contributed by atoms with Crippen molar-refractivity contribution in [3.05, 3.63) is 22.7 Å². The Balaban J connectivity index is 2.25. The number of benzene rings is 1. The summed E-state index contributed by atoms with van der Waals surface area (Å²) in [4.78, 5) is 3.12. The van der Waals surface area contributed by atoms with Crippen molar-refractivity contribution >= 4 is 23.3 Å². The quantitative estimate of drug-likeness (QED) is 0.820. The number of hydrogen-bond acceptors (Lipinski definition) is 2. The van der Waals surface area contributed by atoms with Crippen molar-refractivity contribution in [3.63, 3.8) is 0 Å². The molecule has 1 fully saturated rings. The van der Waals surface area contributed by atoms with Crippen LogP contribution in [0.5, 0.6) is 5.75 Å². The zero-order chi connectivity index (χ0) is 14.5.